The molecule has 2 rings (SSSR count). The summed E-state index contributed by atoms with van der Waals surface area (Å²) in [4.78, 5) is 23.8. The number of ether oxygens (including phenoxy) is 3. The molecule has 0 aliphatic heterocycles. The van der Waals surface area contributed by atoms with Crippen LogP contribution in [0.25, 0.3) is 0 Å². The number of amides is 2. The smallest absolute Gasteiger partial charge is 0.250 e. The van der Waals surface area contributed by atoms with Crippen molar-refractivity contribution in [3.8, 4) is 11.5 Å². The maximum atomic E-state index is 12.3. The van der Waals surface area contributed by atoms with Crippen LogP contribution in [0.1, 0.15) is 11.1 Å². The highest BCUT2D eigenvalue weighted by molar-refractivity contribution is 5.91. The molecular formula is C20H24N2O5. The van der Waals surface area contributed by atoms with E-state index in [-0.39, 0.29) is 24.8 Å². The predicted octanol–water partition coefficient (Wildman–Crippen LogP) is 2.15. The number of nitrogens with one attached hydrogen (secondary N) is 2. The molecule has 7 nitrogen and oxygen atoms in total. The van der Waals surface area contributed by atoms with Crippen molar-refractivity contribution >= 4 is 17.5 Å². The van der Waals surface area contributed by atoms with E-state index in [4.69, 9.17) is 14.2 Å². The van der Waals surface area contributed by atoms with E-state index in [1.54, 1.807) is 32.4 Å². The maximum Gasteiger partial charge on any atom is 0.250 e. The summed E-state index contributed by atoms with van der Waals surface area (Å²) < 4.78 is 15.3. The minimum absolute atomic E-state index is 0.00927. The van der Waals surface area contributed by atoms with Crippen molar-refractivity contribution in [2.24, 2.45) is 0 Å². The molecule has 27 heavy (non-hydrogen) atoms. The summed E-state index contributed by atoms with van der Waals surface area (Å²) in [6.07, 6.45) is 0.192. The fraction of sp³-hybridized carbons (Fsp3) is 0.300. The second-order valence-corrected chi connectivity index (χ2v) is 5.81. The highest BCUT2D eigenvalue weighted by atomic mass is 16.5. The van der Waals surface area contributed by atoms with Crippen molar-refractivity contribution in [3.05, 3.63) is 53.6 Å². The lowest BCUT2D eigenvalue weighted by atomic mass is 10.1. The van der Waals surface area contributed by atoms with Crippen molar-refractivity contribution in [2.75, 3.05) is 33.3 Å². The summed E-state index contributed by atoms with van der Waals surface area (Å²) in [6.45, 7) is 0.343. The van der Waals surface area contributed by atoms with Gasteiger partial charge in [-0.05, 0) is 23.8 Å². The molecule has 0 fully saturated rings. The van der Waals surface area contributed by atoms with Gasteiger partial charge in [-0.2, -0.15) is 0 Å². The lowest BCUT2D eigenvalue weighted by molar-refractivity contribution is -0.121. The first kappa shape index (κ1) is 20.3. The van der Waals surface area contributed by atoms with Crippen LogP contribution in [0.15, 0.2) is 42.5 Å². The van der Waals surface area contributed by atoms with Crippen molar-refractivity contribution in [1.82, 2.24) is 5.32 Å². The topological polar surface area (TPSA) is 85.9 Å². The molecule has 7 heteroatoms. The fourth-order valence-electron chi connectivity index (χ4n) is 2.52. The van der Waals surface area contributed by atoms with E-state index >= 15 is 0 Å². The van der Waals surface area contributed by atoms with Gasteiger partial charge in [-0.3, -0.25) is 9.59 Å². The molecule has 2 aromatic rings. The van der Waals surface area contributed by atoms with Gasteiger partial charge >= 0.3 is 0 Å². The van der Waals surface area contributed by atoms with E-state index in [0.717, 1.165) is 11.1 Å². The van der Waals surface area contributed by atoms with E-state index in [2.05, 4.69) is 10.6 Å². The van der Waals surface area contributed by atoms with Gasteiger partial charge in [-0.1, -0.05) is 18.2 Å². The van der Waals surface area contributed by atoms with Crippen molar-refractivity contribution < 1.29 is 23.8 Å². The lowest BCUT2D eigenvalue weighted by Gasteiger charge is -2.11. The Morgan fingerprint density at radius 3 is 2.48 bits per heavy atom. The summed E-state index contributed by atoms with van der Waals surface area (Å²) >= 11 is 0. The van der Waals surface area contributed by atoms with Crippen LogP contribution in [0.4, 0.5) is 5.69 Å². The SMILES string of the molecule is COCC(=O)Nc1cccc(CNC(=O)Cc2ccc(OC)cc2OC)c1. The first-order valence-corrected chi connectivity index (χ1v) is 8.41. The molecule has 0 spiro atoms. The van der Waals surface area contributed by atoms with Gasteiger partial charge in [0.15, 0.2) is 0 Å². The van der Waals surface area contributed by atoms with Gasteiger partial charge < -0.3 is 24.8 Å². The second kappa shape index (κ2) is 10.2. The van der Waals surface area contributed by atoms with Crippen LogP contribution in [0.5, 0.6) is 11.5 Å². The van der Waals surface area contributed by atoms with Gasteiger partial charge in [-0.15, -0.1) is 0 Å². The zero-order valence-corrected chi connectivity index (χ0v) is 15.7. The number of methoxy groups -OCH3 is 3. The number of carbonyl (C=O) groups is 2. The summed E-state index contributed by atoms with van der Waals surface area (Å²) in [7, 11) is 4.59. The number of carbonyl (C=O) groups excluding carboxylic acids is 2. The van der Waals surface area contributed by atoms with Crippen LogP contribution in [0, 0.1) is 0 Å². The molecule has 0 saturated carbocycles. The molecule has 0 saturated heterocycles. The first-order valence-electron chi connectivity index (χ1n) is 8.41. The minimum atomic E-state index is -0.231. The van der Waals surface area contributed by atoms with Crippen molar-refractivity contribution in [3.63, 3.8) is 0 Å². The first-order chi connectivity index (χ1) is 13.0. The monoisotopic (exact) mass is 372 g/mol. The molecule has 0 bridgehead atoms. The summed E-state index contributed by atoms with van der Waals surface area (Å²) in [5.41, 5.74) is 2.30. The lowest BCUT2D eigenvalue weighted by Crippen LogP contribution is -2.25. The zero-order valence-electron chi connectivity index (χ0n) is 15.7. The molecule has 2 amide bonds. The molecule has 0 aliphatic carbocycles. The number of hydrogen-bond acceptors (Lipinski definition) is 5. The largest absolute Gasteiger partial charge is 0.497 e. The van der Waals surface area contributed by atoms with E-state index in [9.17, 15) is 9.59 Å². The Bertz CT molecular complexity index is 792. The van der Waals surface area contributed by atoms with Crippen molar-refractivity contribution in [2.45, 2.75) is 13.0 Å². The molecule has 0 unspecified atom stereocenters. The highest BCUT2D eigenvalue weighted by Gasteiger charge is 2.10. The summed E-state index contributed by atoms with van der Waals surface area (Å²) in [5, 5.41) is 5.60. The predicted molar refractivity (Wildman–Crippen MR) is 102 cm³/mol. The summed E-state index contributed by atoms with van der Waals surface area (Å²) in [5.74, 6) is 0.910. The van der Waals surface area contributed by atoms with Crippen LogP contribution < -0.4 is 20.1 Å². The third kappa shape index (κ3) is 6.31. The second-order valence-electron chi connectivity index (χ2n) is 5.81. The third-order valence-corrected chi connectivity index (χ3v) is 3.82. The molecule has 144 valence electrons. The zero-order chi connectivity index (χ0) is 19.6. The molecule has 0 heterocycles. The normalized spacial score (nSPS) is 10.2. The Kier molecular flexibility index (Phi) is 7.63. The summed E-state index contributed by atoms with van der Waals surface area (Å²) in [6, 6.07) is 12.6. The molecule has 0 atom stereocenters. The van der Waals surface area contributed by atoms with Gasteiger partial charge in [-0.25, -0.2) is 0 Å². The van der Waals surface area contributed by atoms with E-state index in [1.807, 2.05) is 24.3 Å². The Hall–Kier alpha value is -3.06. The maximum absolute atomic E-state index is 12.3. The van der Waals surface area contributed by atoms with Crippen LogP contribution in [0.3, 0.4) is 0 Å². The molecule has 0 aliphatic rings. The third-order valence-electron chi connectivity index (χ3n) is 3.82. The number of benzene rings is 2. The molecule has 0 radical (unpaired) electrons. The molecular weight excluding hydrogens is 348 g/mol. The number of hydrogen-bond donors (Lipinski definition) is 2. The minimum Gasteiger partial charge on any atom is -0.497 e. The highest BCUT2D eigenvalue weighted by Crippen LogP contribution is 2.24. The Balaban J connectivity index is 1.93. The number of rotatable bonds is 9. The standard InChI is InChI=1S/C20H24N2O5/c1-25-13-20(24)22-16-6-4-5-14(9-16)12-21-19(23)10-15-7-8-17(26-2)11-18(15)27-3/h4-9,11H,10,12-13H2,1-3H3,(H,21,23)(H,22,24). The van der Waals surface area contributed by atoms with Crippen LogP contribution in [-0.4, -0.2) is 39.8 Å². The average molecular weight is 372 g/mol. The van der Waals surface area contributed by atoms with Crippen LogP contribution in [0.2, 0.25) is 0 Å². The molecule has 0 aromatic heterocycles. The molecule has 2 aromatic carbocycles. The number of anilines is 1. The van der Waals surface area contributed by atoms with Gasteiger partial charge in [0.25, 0.3) is 0 Å². The Labute approximate surface area is 158 Å². The van der Waals surface area contributed by atoms with E-state index < -0.39 is 0 Å². The fourth-order valence-corrected chi connectivity index (χ4v) is 2.52. The van der Waals surface area contributed by atoms with Gasteiger partial charge in [0.1, 0.15) is 18.1 Å². The van der Waals surface area contributed by atoms with E-state index in [1.165, 1.54) is 7.11 Å². The van der Waals surface area contributed by atoms with Gasteiger partial charge in [0.05, 0.1) is 20.6 Å². The van der Waals surface area contributed by atoms with Crippen molar-refractivity contribution in [1.29, 1.82) is 0 Å². The van der Waals surface area contributed by atoms with Crippen LogP contribution in [-0.2, 0) is 27.3 Å². The van der Waals surface area contributed by atoms with Crippen LogP contribution >= 0.6 is 0 Å². The Morgan fingerprint density at radius 2 is 1.78 bits per heavy atom. The average Bonchev–Trinajstić information content (AvgIpc) is 2.67. The molecule has 2 N–H and O–H groups in total. The Morgan fingerprint density at radius 1 is 0.963 bits per heavy atom. The van der Waals surface area contributed by atoms with Gasteiger partial charge in [0.2, 0.25) is 11.8 Å². The van der Waals surface area contributed by atoms with Gasteiger partial charge in [0, 0.05) is 31.0 Å². The van der Waals surface area contributed by atoms with E-state index in [0.29, 0.717) is 23.7 Å². The quantitative estimate of drug-likeness (QED) is 0.704.